The SMILES string of the molecule is COCCNCC(Cc1ccoc1)c1ccccc1Cl. The Morgan fingerprint density at radius 1 is 1.30 bits per heavy atom. The van der Waals surface area contributed by atoms with Crippen LogP contribution in [0.1, 0.15) is 17.0 Å². The highest BCUT2D eigenvalue weighted by Crippen LogP contribution is 2.27. The van der Waals surface area contributed by atoms with Crippen LogP contribution >= 0.6 is 11.6 Å². The number of benzene rings is 1. The summed E-state index contributed by atoms with van der Waals surface area (Å²) in [6.07, 6.45) is 4.40. The minimum atomic E-state index is 0.318. The van der Waals surface area contributed by atoms with Gasteiger partial charge in [0.2, 0.25) is 0 Å². The van der Waals surface area contributed by atoms with Gasteiger partial charge >= 0.3 is 0 Å². The average molecular weight is 294 g/mol. The van der Waals surface area contributed by atoms with E-state index in [2.05, 4.69) is 11.4 Å². The second kappa shape index (κ2) is 8.10. The molecule has 2 rings (SSSR count). The van der Waals surface area contributed by atoms with E-state index in [0.717, 1.165) is 24.5 Å². The third-order valence-electron chi connectivity index (χ3n) is 3.28. The highest BCUT2D eigenvalue weighted by atomic mass is 35.5. The summed E-state index contributed by atoms with van der Waals surface area (Å²) in [5, 5.41) is 4.22. The molecular formula is C16H20ClNO2. The van der Waals surface area contributed by atoms with Crippen LogP contribution in [-0.4, -0.2) is 26.8 Å². The predicted molar refractivity (Wildman–Crippen MR) is 81.4 cm³/mol. The zero-order valence-corrected chi connectivity index (χ0v) is 12.4. The van der Waals surface area contributed by atoms with Gasteiger partial charge in [-0.25, -0.2) is 0 Å². The monoisotopic (exact) mass is 293 g/mol. The lowest BCUT2D eigenvalue weighted by molar-refractivity contribution is 0.199. The van der Waals surface area contributed by atoms with Crippen LogP contribution in [0.2, 0.25) is 5.02 Å². The fraction of sp³-hybridized carbons (Fsp3) is 0.375. The Hall–Kier alpha value is -1.29. The normalized spacial score (nSPS) is 12.5. The van der Waals surface area contributed by atoms with Crippen LogP contribution in [0.25, 0.3) is 0 Å². The summed E-state index contributed by atoms with van der Waals surface area (Å²) in [6, 6.07) is 10.0. The third-order valence-corrected chi connectivity index (χ3v) is 3.63. The molecule has 1 unspecified atom stereocenters. The van der Waals surface area contributed by atoms with Crippen molar-refractivity contribution in [3.8, 4) is 0 Å². The molecule has 108 valence electrons. The quantitative estimate of drug-likeness (QED) is 0.757. The van der Waals surface area contributed by atoms with Crippen molar-refractivity contribution in [3.63, 3.8) is 0 Å². The van der Waals surface area contributed by atoms with Crippen LogP contribution in [0.5, 0.6) is 0 Å². The summed E-state index contributed by atoms with van der Waals surface area (Å²) in [7, 11) is 1.71. The Kier molecular flexibility index (Phi) is 6.12. The van der Waals surface area contributed by atoms with Gasteiger partial charge in [-0.2, -0.15) is 0 Å². The first-order valence-electron chi connectivity index (χ1n) is 6.76. The molecule has 3 nitrogen and oxygen atoms in total. The summed E-state index contributed by atoms with van der Waals surface area (Å²) in [4.78, 5) is 0. The largest absolute Gasteiger partial charge is 0.472 e. The molecule has 1 heterocycles. The second-order valence-corrected chi connectivity index (χ2v) is 5.16. The molecule has 2 aromatic rings. The topological polar surface area (TPSA) is 34.4 Å². The predicted octanol–water partition coefficient (Wildman–Crippen LogP) is 3.50. The van der Waals surface area contributed by atoms with E-state index in [0.29, 0.717) is 12.5 Å². The molecule has 0 spiro atoms. The number of hydrogen-bond acceptors (Lipinski definition) is 3. The van der Waals surface area contributed by atoms with Crippen molar-refractivity contribution in [2.24, 2.45) is 0 Å². The Morgan fingerprint density at radius 2 is 2.15 bits per heavy atom. The standard InChI is InChI=1S/C16H20ClNO2/c1-19-9-7-18-11-14(10-13-6-8-20-12-13)15-4-2-3-5-16(15)17/h2-6,8,12,14,18H,7,9-11H2,1H3. The van der Waals surface area contributed by atoms with Crippen molar-refractivity contribution in [3.05, 3.63) is 59.0 Å². The summed E-state index contributed by atoms with van der Waals surface area (Å²) >= 11 is 6.32. The Balaban J connectivity index is 2.05. The smallest absolute Gasteiger partial charge is 0.0934 e. The van der Waals surface area contributed by atoms with Gasteiger partial charge < -0.3 is 14.5 Å². The number of nitrogens with one attached hydrogen (secondary N) is 1. The molecule has 0 bridgehead atoms. The molecule has 0 saturated carbocycles. The maximum absolute atomic E-state index is 6.32. The van der Waals surface area contributed by atoms with Crippen molar-refractivity contribution < 1.29 is 9.15 Å². The molecule has 4 heteroatoms. The van der Waals surface area contributed by atoms with E-state index >= 15 is 0 Å². The van der Waals surface area contributed by atoms with Crippen LogP contribution in [0, 0.1) is 0 Å². The van der Waals surface area contributed by atoms with Gasteiger partial charge in [-0.15, -0.1) is 0 Å². The molecule has 0 radical (unpaired) electrons. The number of rotatable bonds is 8. The molecule has 0 aliphatic heterocycles. The second-order valence-electron chi connectivity index (χ2n) is 4.75. The number of methoxy groups -OCH3 is 1. The van der Waals surface area contributed by atoms with Crippen LogP contribution in [0.15, 0.2) is 47.3 Å². The van der Waals surface area contributed by atoms with Gasteiger partial charge in [0, 0.05) is 31.1 Å². The van der Waals surface area contributed by atoms with E-state index in [1.807, 2.05) is 24.3 Å². The van der Waals surface area contributed by atoms with Crippen molar-refractivity contribution in [1.82, 2.24) is 5.32 Å². The number of ether oxygens (including phenoxy) is 1. The van der Waals surface area contributed by atoms with Crippen LogP contribution in [0.3, 0.4) is 0 Å². The Labute approximate surface area is 124 Å². The lowest BCUT2D eigenvalue weighted by atomic mass is 9.93. The van der Waals surface area contributed by atoms with Gasteiger partial charge in [0.1, 0.15) is 0 Å². The van der Waals surface area contributed by atoms with E-state index in [4.69, 9.17) is 20.8 Å². The number of hydrogen-bond donors (Lipinski definition) is 1. The molecule has 1 aromatic heterocycles. The first-order chi connectivity index (χ1) is 9.81. The summed E-state index contributed by atoms with van der Waals surface area (Å²) in [6.45, 7) is 2.40. The molecule has 0 aliphatic carbocycles. The lowest BCUT2D eigenvalue weighted by Crippen LogP contribution is -2.26. The molecule has 1 aromatic carbocycles. The van der Waals surface area contributed by atoms with Crippen molar-refractivity contribution >= 4 is 11.6 Å². The molecule has 0 aliphatic rings. The third kappa shape index (κ3) is 4.37. The zero-order chi connectivity index (χ0) is 14.2. The highest BCUT2D eigenvalue weighted by molar-refractivity contribution is 6.31. The van der Waals surface area contributed by atoms with E-state index in [1.54, 1.807) is 19.6 Å². The summed E-state index contributed by atoms with van der Waals surface area (Å²) in [5.74, 6) is 0.318. The van der Waals surface area contributed by atoms with Gasteiger partial charge in [-0.3, -0.25) is 0 Å². The minimum absolute atomic E-state index is 0.318. The fourth-order valence-corrected chi connectivity index (χ4v) is 2.53. The summed E-state index contributed by atoms with van der Waals surface area (Å²) < 4.78 is 10.2. The molecule has 0 amide bonds. The van der Waals surface area contributed by atoms with Crippen LogP contribution in [-0.2, 0) is 11.2 Å². The maximum Gasteiger partial charge on any atom is 0.0934 e. The van der Waals surface area contributed by atoms with Gasteiger partial charge in [-0.05, 0) is 29.7 Å². The van der Waals surface area contributed by atoms with Crippen molar-refractivity contribution in [2.75, 3.05) is 26.8 Å². The van der Waals surface area contributed by atoms with Crippen molar-refractivity contribution in [2.45, 2.75) is 12.3 Å². The van der Waals surface area contributed by atoms with Gasteiger partial charge in [0.25, 0.3) is 0 Å². The molecule has 0 fully saturated rings. The molecule has 0 saturated heterocycles. The number of furan rings is 1. The van der Waals surface area contributed by atoms with E-state index in [9.17, 15) is 0 Å². The fourth-order valence-electron chi connectivity index (χ4n) is 2.24. The first-order valence-corrected chi connectivity index (χ1v) is 7.14. The lowest BCUT2D eigenvalue weighted by Gasteiger charge is -2.18. The van der Waals surface area contributed by atoms with Gasteiger partial charge in [0.05, 0.1) is 19.1 Å². The minimum Gasteiger partial charge on any atom is -0.472 e. The molecule has 1 atom stereocenters. The molecule has 1 N–H and O–H groups in total. The Morgan fingerprint density at radius 3 is 2.85 bits per heavy atom. The average Bonchev–Trinajstić information content (AvgIpc) is 2.96. The highest BCUT2D eigenvalue weighted by Gasteiger charge is 2.15. The number of halogens is 1. The van der Waals surface area contributed by atoms with Crippen LogP contribution < -0.4 is 5.32 Å². The van der Waals surface area contributed by atoms with Gasteiger partial charge in [0.15, 0.2) is 0 Å². The van der Waals surface area contributed by atoms with Crippen LogP contribution in [0.4, 0.5) is 0 Å². The Bertz CT molecular complexity index is 499. The van der Waals surface area contributed by atoms with Gasteiger partial charge in [-0.1, -0.05) is 29.8 Å². The van der Waals surface area contributed by atoms with E-state index in [-0.39, 0.29) is 0 Å². The van der Waals surface area contributed by atoms with Crippen molar-refractivity contribution in [1.29, 1.82) is 0 Å². The van der Waals surface area contributed by atoms with E-state index < -0.39 is 0 Å². The molecular weight excluding hydrogens is 274 g/mol. The summed E-state index contributed by atoms with van der Waals surface area (Å²) in [5.41, 5.74) is 2.35. The zero-order valence-electron chi connectivity index (χ0n) is 11.6. The first kappa shape index (κ1) is 15.1. The maximum atomic E-state index is 6.32. The van der Waals surface area contributed by atoms with E-state index in [1.165, 1.54) is 11.1 Å². The molecule has 20 heavy (non-hydrogen) atoms.